The minimum atomic E-state index is 0.523. The van der Waals surface area contributed by atoms with Gasteiger partial charge in [-0.05, 0) is 30.9 Å². The molecule has 1 fully saturated rings. The van der Waals surface area contributed by atoms with Gasteiger partial charge in [0.25, 0.3) is 0 Å². The van der Waals surface area contributed by atoms with Gasteiger partial charge in [0.15, 0.2) is 0 Å². The van der Waals surface area contributed by atoms with Crippen molar-refractivity contribution in [3.05, 3.63) is 23.5 Å². The molecule has 1 aliphatic carbocycles. The van der Waals surface area contributed by atoms with Crippen molar-refractivity contribution in [2.45, 2.75) is 31.3 Å². The standard InChI is InChI=1S/C9H12N2/c1-4-10-8-6-11-9(2-3-9)5-7(1)8/h1,4,10-11H,2-3,5-6H2. The van der Waals surface area contributed by atoms with Crippen LogP contribution >= 0.6 is 0 Å². The van der Waals surface area contributed by atoms with Gasteiger partial charge in [-0.15, -0.1) is 0 Å². The first-order valence-corrected chi connectivity index (χ1v) is 4.28. The first-order valence-electron chi connectivity index (χ1n) is 4.28. The molecule has 2 aliphatic rings. The molecule has 1 aromatic rings. The average Bonchev–Trinajstić information content (AvgIpc) is 2.63. The minimum absolute atomic E-state index is 0.523. The van der Waals surface area contributed by atoms with Gasteiger partial charge in [-0.3, -0.25) is 0 Å². The zero-order chi connectivity index (χ0) is 7.31. The van der Waals surface area contributed by atoms with E-state index in [1.54, 1.807) is 0 Å². The van der Waals surface area contributed by atoms with Crippen molar-refractivity contribution < 1.29 is 0 Å². The maximum atomic E-state index is 3.58. The van der Waals surface area contributed by atoms with Crippen LogP contribution in [0.15, 0.2) is 12.3 Å². The summed E-state index contributed by atoms with van der Waals surface area (Å²) in [5.74, 6) is 0. The van der Waals surface area contributed by atoms with Crippen LogP contribution in [0.5, 0.6) is 0 Å². The third-order valence-electron chi connectivity index (χ3n) is 2.95. The monoisotopic (exact) mass is 148 g/mol. The second kappa shape index (κ2) is 1.69. The molecule has 0 aromatic carbocycles. The molecule has 0 atom stereocenters. The number of rotatable bonds is 0. The van der Waals surface area contributed by atoms with Crippen molar-refractivity contribution in [1.82, 2.24) is 10.3 Å². The maximum absolute atomic E-state index is 3.58. The highest BCUT2D eigenvalue weighted by Gasteiger charge is 2.44. The molecule has 0 amide bonds. The highest BCUT2D eigenvalue weighted by atomic mass is 15.0. The summed E-state index contributed by atoms with van der Waals surface area (Å²) in [4.78, 5) is 3.26. The van der Waals surface area contributed by atoms with Crippen LogP contribution in [0.1, 0.15) is 24.1 Å². The van der Waals surface area contributed by atoms with Gasteiger partial charge in [0.1, 0.15) is 0 Å². The van der Waals surface area contributed by atoms with E-state index in [1.807, 2.05) is 6.20 Å². The second-order valence-electron chi connectivity index (χ2n) is 3.79. The topological polar surface area (TPSA) is 27.8 Å². The van der Waals surface area contributed by atoms with Crippen LogP contribution in [0.25, 0.3) is 0 Å². The van der Waals surface area contributed by atoms with E-state index < -0.39 is 0 Å². The first-order chi connectivity index (χ1) is 5.38. The lowest BCUT2D eigenvalue weighted by atomic mass is 10.0. The number of fused-ring (bicyclic) bond motifs is 1. The number of aromatic nitrogens is 1. The number of hydrogen-bond acceptors (Lipinski definition) is 1. The molecule has 11 heavy (non-hydrogen) atoms. The smallest absolute Gasteiger partial charge is 0.0365 e. The van der Waals surface area contributed by atoms with E-state index in [1.165, 1.54) is 30.5 Å². The van der Waals surface area contributed by atoms with Gasteiger partial charge >= 0.3 is 0 Å². The van der Waals surface area contributed by atoms with Crippen LogP contribution in [0.2, 0.25) is 0 Å². The predicted molar refractivity (Wildman–Crippen MR) is 43.3 cm³/mol. The molecule has 1 saturated carbocycles. The summed E-state index contributed by atoms with van der Waals surface area (Å²) in [6.07, 6.45) is 6.04. The summed E-state index contributed by atoms with van der Waals surface area (Å²) in [6.45, 7) is 1.04. The van der Waals surface area contributed by atoms with E-state index in [2.05, 4.69) is 16.4 Å². The Hall–Kier alpha value is -0.760. The van der Waals surface area contributed by atoms with E-state index in [0.29, 0.717) is 5.54 Å². The van der Waals surface area contributed by atoms with Crippen molar-refractivity contribution in [3.8, 4) is 0 Å². The molecule has 0 bridgehead atoms. The molecule has 2 heterocycles. The Kier molecular flexibility index (Phi) is 0.899. The third kappa shape index (κ3) is 0.760. The van der Waals surface area contributed by atoms with Crippen LogP contribution in [0.4, 0.5) is 0 Å². The Bertz CT molecular complexity index is 284. The van der Waals surface area contributed by atoms with Crippen LogP contribution in [-0.4, -0.2) is 10.5 Å². The summed E-state index contributed by atoms with van der Waals surface area (Å²) in [5.41, 5.74) is 3.44. The number of nitrogens with one attached hydrogen (secondary N) is 2. The zero-order valence-corrected chi connectivity index (χ0v) is 6.48. The summed E-state index contributed by atoms with van der Waals surface area (Å²) in [6, 6.07) is 2.22. The molecule has 2 heteroatoms. The normalized spacial score (nSPS) is 25.1. The molecule has 3 rings (SSSR count). The molecule has 0 unspecified atom stereocenters. The van der Waals surface area contributed by atoms with E-state index in [9.17, 15) is 0 Å². The minimum Gasteiger partial charge on any atom is -0.364 e. The molecule has 0 radical (unpaired) electrons. The Morgan fingerprint density at radius 1 is 1.36 bits per heavy atom. The van der Waals surface area contributed by atoms with Gasteiger partial charge in [0.2, 0.25) is 0 Å². The molecule has 2 N–H and O–H groups in total. The van der Waals surface area contributed by atoms with E-state index in [-0.39, 0.29) is 0 Å². The SMILES string of the molecule is c1cc2c([nH]1)CNC1(CC1)C2. The van der Waals surface area contributed by atoms with Gasteiger partial charge in [0, 0.05) is 24.0 Å². The van der Waals surface area contributed by atoms with E-state index in [4.69, 9.17) is 0 Å². The predicted octanol–water partition coefficient (Wildman–Crippen LogP) is 1.19. The number of aromatic amines is 1. The third-order valence-corrected chi connectivity index (χ3v) is 2.95. The van der Waals surface area contributed by atoms with Crippen molar-refractivity contribution in [2.75, 3.05) is 0 Å². The Balaban J connectivity index is 2.00. The summed E-state index contributed by atoms with van der Waals surface area (Å²) in [7, 11) is 0. The molecular weight excluding hydrogens is 136 g/mol. The molecule has 58 valence electrons. The second-order valence-corrected chi connectivity index (χ2v) is 3.79. The fraction of sp³-hybridized carbons (Fsp3) is 0.556. The largest absolute Gasteiger partial charge is 0.364 e. The van der Waals surface area contributed by atoms with Crippen molar-refractivity contribution in [1.29, 1.82) is 0 Å². The lowest BCUT2D eigenvalue weighted by molar-refractivity contribution is 0.460. The van der Waals surface area contributed by atoms with Crippen LogP contribution in [0, 0.1) is 0 Å². The van der Waals surface area contributed by atoms with Crippen LogP contribution in [-0.2, 0) is 13.0 Å². The molecular formula is C9H12N2. The van der Waals surface area contributed by atoms with Crippen molar-refractivity contribution in [3.63, 3.8) is 0 Å². The lowest BCUT2D eigenvalue weighted by Gasteiger charge is -2.22. The number of hydrogen-bond donors (Lipinski definition) is 2. The molecule has 1 spiro atoms. The average molecular weight is 148 g/mol. The molecule has 1 aliphatic heterocycles. The van der Waals surface area contributed by atoms with Gasteiger partial charge in [-0.25, -0.2) is 0 Å². The molecule has 0 saturated heterocycles. The van der Waals surface area contributed by atoms with Crippen LogP contribution < -0.4 is 5.32 Å². The zero-order valence-electron chi connectivity index (χ0n) is 6.48. The molecule has 1 aromatic heterocycles. The van der Waals surface area contributed by atoms with E-state index >= 15 is 0 Å². The quantitative estimate of drug-likeness (QED) is 0.568. The first kappa shape index (κ1) is 5.84. The summed E-state index contributed by atoms with van der Waals surface area (Å²) in [5, 5.41) is 3.58. The molecule has 2 nitrogen and oxygen atoms in total. The number of H-pyrrole nitrogens is 1. The summed E-state index contributed by atoms with van der Waals surface area (Å²) < 4.78 is 0. The Labute approximate surface area is 66.0 Å². The van der Waals surface area contributed by atoms with E-state index in [0.717, 1.165) is 6.54 Å². The Morgan fingerprint density at radius 3 is 3.09 bits per heavy atom. The van der Waals surface area contributed by atoms with Gasteiger partial charge in [0.05, 0.1) is 0 Å². The van der Waals surface area contributed by atoms with Crippen molar-refractivity contribution in [2.24, 2.45) is 0 Å². The Morgan fingerprint density at radius 2 is 2.27 bits per heavy atom. The van der Waals surface area contributed by atoms with Gasteiger partial charge in [-0.2, -0.15) is 0 Å². The fourth-order valence-electron chi connectivity index (χ4n) is 1.97. The van der Waals surface area contributed by atoms with Gasteiger partial charge < -0.3 is 10.3 Å². The van der Waals surface area contributed by atoms with Gasteiger partial charge in [-0.1, -0.05) is 0 Å². The fourth-order valence-corrected chi connectivity index (χ4v) is 1.97. The van der Waals surface area contributed by atoms with Crippen molar-refractivity contribution >= 4 is 0 Å². The highest BCUT2D eigenvalue weighted by Crippen LogP contribution is 2.41. The highest BCUT2D eigenvalue weighted by molar-refractivity contribution is 5.29. The lowest BCUT2D eigenvalue weighted by Crippen LogP contribution is -2.37. The van der Waals surface area contributed by atoms with Crippen LogP contribution in [0.3, 0.4) is 0 Å². The maximum Gasteiger partial charge on any atom is 0.0365 e. The summed E-state index contributed by atoms with van der Waals surface area (Å²) >= 11 is 0.